The van der Waals surface area contributed by atoms with Gasteiger partial charge in [-0.15, -0.1) is 0 Å². The molecule has 0 bridgehead atoms. The van der Waals surface area contributed by atoms with E-state index >= 15 is 0 Å². The Morgan fingerprint density at radius 3 is 2.85 bits per heavy atom. The van der Waals surface area contributed by atoms with E-state index in [2.05, 4.69) is 11.0 Å². The van der Waals surface area contributed by atoms with Gasteiger partial charge in [-0.25, -0.2) is 0 Å². The van der Waals surface area contributed by atoms with Crippen molar-refractivity contribution in [3.8, 4) is 17.6 Å². The molecular formula is C15H16N2O3. The SMILES string of the molecule is N#CC(=Cc1ccc2c(c1)OCO2)CN1CCOCC1. The topological polar surface area (TPSA) is 54.7 Å². The van der Waals surface area contributed by atoms with Crippen molar-refractivity contribution in [1.29, 1.82) is 5.26 Å². The second-order valence-corrected chi connectivity index (χ2v) is 4.78. The van der Waals surface area contributed by atoms with Crippen LogP contribution in [0.3, 0.4) is 0 Å². The van der Waals surface area contributed by atoms with Gasteiger partial charge in [0.15, 0.2) is 11.5 Å². The molecule has 2 aliphatic rings. The van der Waals surface area contributed by atoms with Crippen LogP contribution in [0.2, 0.25) is 0 Å². The fourth-order valence-electron chi connectivity index (χ4n) is 2.32. The van der Waals surface area contributed by atoms with Gasteiger partial charge in [0.1, 0.15) is 0 Å². The largest absolute Gasteiger partial charge is 0.454 e. The molecule has 1 saturated heterocycles. The predicted octanol–water partition coefficient (Wildman–Crippen LogP) is 1.65. The van der Waals surface area contributed by atoms with Gasteiger partial charge in [-0.3, -0.25) is 4.90 Å². The normalized spacial score (nSPS) is 18.9. The van der Waals surface area contributed by atoms with Crippen LogP contribution in [0.25, 0.3) is 6.08 Å². The van der Waals surface area contributed by atoms with E-state index < -0.39 is 0 Å². The first kappa shape index (κ1) is 13.0. The smallest absolute Gasteiger partial charge is 0.231 e. The zero-order chi connectivity index (χ0) is 13.8. The van der Waals surface area contributed by atoms with E-state index in [0.717, 1.165) is 48.9 Å². The Bertz CT molecular complexity index is 557. The Morgan fingerprint density at radius 1 is 1.25 bits per heavy atom. The van der Waals surface area contributed by atoms with Crippen molar-refractivity contribution in [1.82, 2.24) is 4.90 Å². The summed E-state index contributed by atoms with van der Waals surface area (Å²) in [7, 11) is 0. The monoisotopic (exact) mass is 272 g/mol. The lowest BCUT2D eigenvalue weighted by Crippen LogP contribution is -2.37. The molecule has 0 unspecified atom stereocenters. The second-order valence-electron chi connectivity index (χ2n) is 4.78. The van der Waals surface area contributed by atoms with Crippen LogP contribution in [0, 0.1) is 11.3 Å². The van der Waals surface area contributed by atoms with Gasteiger partial charge in [0.2, 0.25) is 6.79 Å². The summed E-state index contributed by atoms with van der Waals surface area (Å²) in [5.41, 5.74) is 1.70. The second kappa shape index (κ2) is 5.95. The highest BCUT2D eigenvalue weighted by atomic mass is 16.7. The number of hydrogen-bond donors (Lipinski definition) is 0. The number of nitriles is 1. The molecule has 1 aromatic carbocycles. The summed E-state index contributed by atoms with van der Waals surface area (Å²) in [6.07, 6.45) is 1.90. The van der Waals surface area contributed by atoms with Crippen LogP contribution in [0.15, 0.2) is 23.8 Å². The van der Waals surface area contributed by atoms with Crippen LogP contribution in [-0.4, -0.2) is 44.5 Å². The number of nitrogens with zero attached hydrogens (tertiary/aromatic N) is 2. The number of rotatable bonds is 3. The minimum Gasteiger partial charge on any atom is -0.454 e. The van der Waals surface area contributed by atoms with Crippen molar-refractivity contribution in [2.45, 2.75) is 0 Å². The zero-order valence-electron chi connectivity index (χ0n) is 11.2. The van der Waals surface area contributed by atoms with Gasteiger partial charge in [0, 0.05) is 25.2 Å². The average Bonchev–Trinajstić information content (AvgIpc) is 2.95. The van der Waals surface area contributed by atoms with Gasteiger partial charge in [-0.1, -0.05) is 6.07 Å². The fraction of sp³-hybridized carbons (Fsp3) is 0.400. The third kappa shape index (κ3) is 2.93. The molecule has 3 rings (SSSR count). The predicted molar refractivity (Wildman–Crippen MR) is 73.4 cm³/mol. The average molecular weight is 272 g/mol. The van der Waals surface area contributed by atoms with Crippen LogP contribution in [0.5, 0.6) is 11.5 Å². The minimum absolute atomic E-state index is 0.265. The summed E-state index contributed by atoms with van der Waals surface area (Å²) >= 11 is 0. The van der Waals surface area contributed by atoms with Crippen molar-refractivity contribution in [2.75, 3.05) is 39.6 Å². The first-order valence-corrected chi connectivity index (χ1v) is 6.65. The summed E-state index contributed by atoms with van der Waals surface area (Å²) < 4.78 is 15.9. The van der Waals surface area contributed by atoms with E-state index in [9.17, 15) is 5.26 Å². The Kier molecular flexibility index (Phi) is 3.86. The van der Waals surface area contributed by atoms with Gasteiger partial charge < -0.3 is 14.2 Å². The van der Waals surface area contributed by atoms with Gasteiger partial charge >= 0.3 is 0 Å². The summed E-state index contributed by atoms with van der Waals surface area (Å²) in [6, 6.07) is 7.98. The first-order valence-electron chi connectivity index (χ1n) is 6.65. The molecule has 5 heteroatoms. The van der Waals surface area contributed by atoms with Gasteiger partial charge in [-0.05, 0) is 23.8 Å². The summed E-state index contributed by atoms with van der Waals surface area (Å²) in [4.78, 5) is 2.23. The highest BCUT2D eigenvalue weighted by Gasteiger charge is 2.14. The summed E-state index contributed by atoms with van der Waals surface area (Å²) in [5, 5.41) is 9.28. The summed E-state index contributed by atoms with van der Waals surface area (Å²) in [6.45, 7) is 4.15. The quantitative estimate of drug-likeness (QED) is 0.783. The Morgan fingerprint density at radius 2 is 2.05 bits per heavy atom. The van der Waals surface area contributed by atoms with Crippen molar-refractivity contribution >= 4 is 6.08 Å². The molecule has 0 atom stereocenters. The minimum atomic E-state index is 0.265. The zero-order valence-corrected chi connectivity index (χ0v) is 11.2. The molecule has 0 aromatic heterocycles. The maximum absolute atomic E-state index is 9.28. The van der Waals surface area contributed by atoms with Crippen LogP contribution in [-0.2, 0) is 4.74 Å². The molecule has 0 aliphatic carbocycles. The van der Waals surface area contributed by atoms with Gasteiger partial charge in [0.05, 0.1) is 19.3 Å². The van der Waals surface area contributed by atoms with Crippen molar-refractivity contribution in [3.63, 3.8) is 0 Å². The lowest BCUT2D eigenvalue weighted by Gasteiger charge is -2.26. The Hall–Kier alpha value is -2.03. The third-order valence-corrected chi connectivity index (χ3v) is 3.38. The van der Waals surface area contributed by atoms with Crippen LogP contribution >= 0.6 is 0 Å². The van der Waals surface area contributed by atoms with Gasteiger partial charge in [0.25, 0.3) is 0 Å². The van der Waals surface area contributed by atoms with E-state index in [1.165, 1.54) is 0 Å². The summed E-state index contributed by atoms with van der Waals surface area (Å²) in [5.74, 6) is 1.50. The standard InChI is InChI=1S/C15H16N2O3/c16-9-13(10-17-3-5-18-6-4-17)7-12-1-2-14-15(8-12)20-11-19-14/h1-2,7-8H,3-6,10-11H2. The van der Waals surface area contributed by atoms with Gasteiger partial charge in [-0.2, -0.15) is 5.26 Å². The third-order valence-electron chi connectivity index (χ3n) is 3.38. The van der Waals surface area contributed by atoms with E-state index in [1.54, 1.807) is 0 Å². The van der Waals surface area contributed by atoms with Crippen molar-refractivity contribution in [2.24, 2.45) is 0 Å². The molecule has 0 saturated carbocycles. The number of morpholine rings is 1. The van der Waals surface area contributed by atoms with E-state index in [0.29, 0.717) is 6.54 Å². The van der Waals surface area contributed by atoms with Crippen molar-refractivity contribution < 1.29 is 14.2 Å². The molecule has 104 valence electrons. The molecule has 5 nitrogen and oxygen atoms in total. The van der Waals surface area contributed by atoms with Crippen LogP contribution in [0.1, 0.15) is 5.56 Å². The highest BCUT2D eigenvalue weighted by molar-refractivity contribution is 5.61. The molecule has 1 aromatic rings. The molecular weight excluding hydrogens is 256 g/mol. The maximum Gasteiger partial charge on any atom is 0.231 e. The molecule has 0 spiro atoms. The molecule has 0 N–H and O–H groups in total. The number of ether oxygens (including phenoxy) is 3. The Labute approximate surface area is 118 Å². The Balaban J connectivity index is 1.73. The maximum atomic E-state index is 9.28. The van der Waals surface area contributed by atoms with Crippen molar-refractivity contribution in [3.05, 3.63) is 29.3 Å². The highest BCUT2D eigenvalue weighted by Crippen LogP contribution is 2.33. The molecule has 20 heavy (non-hydrogen) atoms. The molecule has 0 radical (unpaired) electrons. The number of benzene rings is 1. The van der Waals surface area contributed by atoms with E-state index in [1.807, 2.05) is 24.3 Å². The lowest BCUT2D eigenvalue weighted by molar-refractivity contribution is 0.0428. The molecule has 0 amide bonds. The van der Waals surface area contributed by atoms with E-state index in [-0.39, 0.29) is 6.79 Å². The van der Waals surface area contributed by atoms with Crippen LogP contribution < -0.4 is 9.47 Å². The number of hydrogen-bond acceptors (Lipinski definition) is 5. The molecule has 2 aliphatic heterocycles. The number of fused-ring (bicyclic) bond motifs is 1. The van der Waals surface area contributed by atoms with E-state index in [4.69, 9.17) is 14.2 Å². The lowest BCUT2D eigenvalue weighted by atomic mass is 10.1. The fourth-order valence-corrected chi connectivity index (χ4v) is 2.32. The first-order chi connectivity index (χ1) is 9.85. The molecule has 1 fully saturated rings. The van der Waals surface area contributed by atoms with Crippen LogP contribution in [0.4, 0.5) is 0 Å². The molecule has 2 heterocycles.